The third-order valence-electron chi connectivity index (χ3n) is 6.11. The van der Waals surface area contributed by atoms with Crippen molar-refractivity contribution in [3.8, 4) is 0 Å². The number of hydrogen-bond donors (Lipinski definition) is 1. The Bertz CT molecular complexity index is 749. The lowest BCUT2D eigenvalue weighted by Crippen LogP contribution is -2.45. The van der Waals surface area contributed by atoms with Crippen molar-refractivity contribution < 1.29 is 23.9 Å². The average Bonchev–Trinajstić information content (AvgIpc) is 3.33. The maximum absolute atomic E-state index is 13.3. The van der Waals surface area contributed by atoms with Crippen LogP contribution in [0.2, 0.25) is 0 Å². The van der Waals surface area contributed by atoms with Gasteiger partial charge >= 0.3 is 5.97 Å². The van der Waals surface area contributed by atoms with Crippen molar-refractivity contribution in [2.45, 2.75) is 72.3 Å². The number of aromatic amines is 1. The summed E-state index contributed by atoms with van der Waals surface area (Å²) >= 11 is 0. The molecule has 7 heteroatoms. The third kappa shape index (κ3) is 5.72. The first-order valence-electron chi connectivity index (χ1n) is 11.0. The molecular formula is C23H36N2O5. The van der Waals surface area contributed by atoms with E-state index in [9.17, 15) is 14.4 Å². The van der Waals surface area contributed by atoms with E-state index in [0.717, 1.165) is 6.42 Å². The van der Waals surface area contributed by atoms with Crippen molar-refractivity contribution in [3.63, 3.8) is 0 Å². The molecule has 0 saturated heterocycles. The smallest absolute Gasteiger partial charge is 0.355 e. The molecule has 1 aromatic heterocycles. The first-order valence-corrected chi connectivity index (χ1v) is 11.0. The summed E-state index contributed by atoms with van der Waals surface area (Å²) < 4.78 is 10.2. The molecule has 1 N–H and O–H groups in total. The van der Waals surface area contributed by atoms with Gasteiger partial charge in [-0.15, -0.1) is 0 Å². The summed E-state index contributed by atoms with van der Waals surface area (Å²) in [5.41, 5.74) is 1.92. The summed E-state index contributed by atoms with van der Waals surface area (Å²) in [7, 11) is 1.58. The number of methoxy groups -OCH3 is 1. The highest BCUT2D eigenvalue weighted by molar-refractivity contribution is 6.06. The molecular weight excluding hydrogens is 384 g/mol. The number of nitrogens with zero attached hydrogens (tertiary/aromatic N) is 1. The maximum atomic E-state index is 13.3. The molecule has 0 bridgehead atoms. The zero-order chi connectivity index (χ0) is 22.3. The van der Waals surface area contributed by atoms with Crippen LogP contribution >= 0.6 is 0 Å². The lowest BCUT2D eigenvalue weighted by molar-refractivity contribution is -0.133. The number of hydrogen-bond acceptors (Lipinski definition) is 5. The number of aryl methyl sites for hydroxylation is 1. The zero-order valence-corrected chi connectivity index (χ0v) is 19.0. The standard InChI is InChI=1S/C23H36N2O5/c1-6-30-23(28)21-15(2)20(16(3)24-21)22(27)17(4)25(13-14-29-5)19(26)12-11-18-9-7-8-10-18/h17-18,24H,6-14H2,1-5H3/t17-/m1/s1. The highest BCUT2D eigenvalue weighted by Crippen LogP contribution is 2.29. The van der Waals surface area contributed by atoms with E-state index in [0.29, 0.717) is 48.0 Å². The van der Waals surface area contributed by atoms with Gasteiger partial charge in [0.05, 0.1) is 19.3 Å². The predicted molar refractivity (Wildman–Crippen MR) is 115 cm³/mol. The van der Waals surface area contributed by atoms with Gasteiger partial charge in [0.15, 0.2) is 5.78 Å². The minimum Gasteiger partial charge on any atom is -0.461 e. The molecule has 0 aliphatic heterocycles. The predicted octanol–water partition coefficient (Wildman–Crippen LogP) is 3.82. The van der Waals surface area contributed by atoms with Crippen LogP contribution in [0.1, 0.15) is 84.5 Å². The highest BCUT2D eigenvalue weighted by Gasteiger charge is 2.31. The van der Waals surface area contributed by atoms with Crippen LogP contribution < -0.4 is 0 Å². The Morgan fingerprint density at radius 3 is 2.47 bits per heavy atom. The van der Waals surface area contributed by atoms with E-state index in [4.69, 9.17) is 9.47 Å². The second-order valence-electron chi connectivity index (χ2n) is 8.15. The number of esters is 1. The van der Waals surface area contributed by atoms with Crippen LogP contribution in [-0.2, 0) is 14.3 Å². The van der Waals surface area contributed by atoms with Gasteiger partial charge in [-0.1, -0.05) is 25.7 Å². The van der Waals surface area contributed by atoms with Gasteiger partial charge in [0, 0.05) is 31.3 Å². The molecule has 30 heavy (non-hydrogen) atoms. The SMILES string of the molecule is CCOC(=O)c1[nH]c(C)c(C(=O)[C@@H](C)N(CCOC)C(=O)CCC2CCCC2)c1C. The van der Waals surface area contributed by atoms with Gasteiger partial charge in [-0.05, 0) is 45.6 Å². The first-order chi connectivity index (χ1) is 14.3. The van der Waals surface area contributed by atoms with Gasteiger partial charge in [-0.25, -0.2) is 4.79 Å². The molecule has 1 fully saturated rings. The second kappa shape index (κ2) is 11.3. The number of ketones is 1. The van der Waals surface area contributed by atoms with E-state index >= 15 is 0 Å². The van der Waals surface area contributed by atoms with E-state index < -0.39 is 12.0 Å². The number of carbonyl (C=O) groups is 3. The van der Waals surface area contributed by atoms with Gasteiger partial charge in [-0.3, -0.25) is 9.59 Å². The maximum Gasteiger partial charge on any atom is 0.355 e. The van der Waals surface area contributed by atoms with Gasteiger partial charge in [0.2, 0.25) is 5.91 Å². The summed E-state index contributed by atoms with van der Waals surface area (Å²) in [5, 5.41) is 0. The molecule has 1 saturated carbocycles. The summed E-state index contributed by atoms with van der Waals surface area (Å²) in [6.45, 7) is 7.97. The van der Waals surface area contributed by atoms with Crippen molar-refractivity contribution >= 4 is 17.7 Å². The van der Waals surface area contributed by atoms with E-state index in [-0.39, 0.29) is 18.3 Å². The Hall–Kier alpha value is -2.15. The highest BCUT2D eigenvalue weighted by atomic mass is 16.5. The van der Waals surface area contributed by atoms with Crippen molar-refractivity contribution in [1.29, 1.82) is 0 Å². The Kier molecular flexibility index (Phi) is 9.08. The Morgan fingerprint density at radius 1 is 1.20 bits per heavy atom. The van der Waals surface area contributed by atoms with Gasteiger partial charge in [-0.2, -0.15) is 0 Å². The molecule has 1 atom stereocenters. The van der Waals surface area contributed by atoms with Crippen LogP contribution in [0.15, 0.2) is 0 Å². The number of nitrogens with one attached hydrogen (secondary N) is 1. The van der Waals surface area contributed by atoms with Crippen molar-refractivity contribution in [3.05, 3.63) is 22.5 Å². The van der Waals surface area contributed by atoms with Crippen LogP contribution in [0.3, 0.4) is 0 Å². The molecule has 0 radical (unpaired) electrons. The molecule has 1 amide bonds. The molecule has 1 aromatic rings. The first kappa shape index (κ1) is 24.1. The third-order valence-corrected chi connectivity index (χ3v) is 6.11. The number of rotatable bonds is 11. The zero-order valence-electron chi connectivity index (χ0n) is 19.0. The Morgan fingerprint density at radius 2 is 1.87 bits per heavy atom. The van der Waals surface area contributed by atoms with Gasteiger partial charge < -0.3 is 19.4 Å². The Labute approximate surface area is 179 Å². The number of aromatic nitrogens is 1. The lowest BCUT2D eigenvalue weighted by atomic mass is 9.98. The normalized spacial score (nSPS) is 15.2. The van der Waals surface area contributed by atoms with Crippen LogP contribution in [0.5, 0.6) is 0 Å². The second-order valence-corrected chi connectivity index (χ2v) is 8.15. The molecule has 168 valence electrons. The number of carbonyl (C=O) groups excluding carboxylic acids is 3. The molecule has 1 heterocycles. The topological polar surface area (TPSA) is 88.7 Å². The molecule has 7 nitrogen and oxygen atoms in total. The van der Waals surface area contributed by atoms with Crippen LogP contribution in [-0.4, -0.2) is 60.5 Å². The fourth-order valence-corrected chi connectivity index (χ4v) is 4.37. The monoisotopic (exact) mass is 420 g/mol. The summed E-state index contributed by atoms with van der Waals surface area (Å²) in [4.78, 5) is 43.1. The molecule has 0 spiro atoms. The molecule has 0 unspecified atom stereocenters. The van der Waals surface area contributed by atoms with E-state index in [1.54, 1.807) is 39.7 Å². The fraction of sp³-hybridized carbons (Fsp3) is 0.696. The van der Waals surface area contributed by atoms with Crippen molar-refractivity contribution in [2.75, 3.05) is 26.9 Å². The van der Waals surface area contributed by atoms with E-state index in [1.807, 2.05) is 0 Å². The average molecular weight is 421 g/mol. The fourth-order valence-electron chi connectivity index (χ4n) is 4.37. The van der Waals surface area contributed by atoms with Gasteiger partial charge in [0.1, 0.15) is 5.69 Å². The molecule has 0 aromatic carbocycles. The summed E-state index contributed by atoms with van der Waals surface area (Å²) in [6, 6.07) is -0.639. The number of Topliss-reactive ketones (excluding diaryl/α,β-unsaturated/α-hetero) is 1. The molecule has 2 rings (SSSR count). The quantitative estimate of drug-likeness (QED) is 0.434. The van der Waals surface area contributed by atoms with E-state index in [2.05, 4.69) is 4.98 Å². The lowest BCUT2D eigenvalue weighted by Gasteiger charge is -2.29. The van der Waals surface area contributed by atoms with Crippen LogP contribution in [0.4, 0.5) is 0 Å². The van der Waals surface area contributed by atoms with Gasteiger partial charge in [0.25, 0.3) is 0 Å². The number of H-pyrrole nitrogens is 1. The number of ether oxygens (including phenoxy) is 2. The minimum atomic E-state index is -0.639. The van der Waals surface area contributed by atoms with Crippen molar-refractivity contribution in [2.24, 2.45) is 5.92 Å². The molecule has 1 aliphatic carbocycles. The summed E-state index contributed by atoms with van der Waals surface area (Å²) in [5.74, 6) is -0.0578. The number of amides is 1. The Balaban J connectivity index is 2.18. The van der Waals surface area contributed by atoms with Crippen LogP contribution in [0, 0.1) is 19.8 Å². The summed E-state index contributed by atoms with van der Waals surface area (Å²) in [6.07, 6.45) is 6.20. The van der Waals surface area contributed by atoms with E-state index in [1.165, 1.54) is 25.7 Å². The van der Waals surface area contributed by atoms with Crippen molar-refractivity contribution in [1.82, 2.24) is 9.88 Å². The largest absolute Gasteiger partial charge is 0.461 e. The minimum absolute atomic E-state index is 0.0174. The van der Waals surface area contributed by atoms with Crippen LogP contribution in [0.25, 0.3) is 0 Å². The molecule has 1 aliphatic rings.